The van der Waals surface area contributed by atoms with Gasteiger partial charge in [0.2, 0.25) is 5.91 Å². The summed E-state index contributed by atoms with van der Waals surface area (Å²) >= 11 is 1.48. The maximum absolute atomic E-state index is 13.1. The minimum absolute atomic E-state index is 0.0917. The molecular formula is C24H21N3O3S. The highest BCUT2D eigenvalue weighted by Crippen LogP contribution is 2.35. The first-order valence-corrected chi connectivity index (χ1v) is 10.8. The Bertz CT molecular complexity index is 1320. The van der Waals surface area contributed by atoms with Gasteiger partial charge < -0.3 is 5.32 Å². The Morgan fingerprint density at radius 2 is 1.77 bits per heavy atom. The second-order valence-electron chi connectivity index (χ2n) is 7.18. The van der Waals surface area contributed by atoms with E-state index >= 15 is 0 Å². The zero-order valence-corrected chi connectivity index (χ0v) is 18.0. The molecule has 2 aromatic heterocycles. The first-order chi connectivity index (χ1) is 15.0. The number of benzene rings is 2. The van der Waals surface area contributed by atoms with Crippen LogP contribution in [-0.2, 0) is 11.3 Å². The number of amides is 1. The summed E-state index contributed by atoms with van der Waals surface area (Å²) in [5.41, 5.74) is 2.79. The number of aromatic nitrogens is 2. The Morgan fingerprint density at radius 1 is 1.06 bits per heavy atom. The third-order valence-corrected chi connectivity index (χ3v) is 6.33. The second-order valence-corrected chi connectivity index (χ2v) is 8.18. The number of ketones is 1. The standard InChI is InChI=1S/C24H21N3O3S/c1-3-20(29)26-18-11-9-16(10-12-18)19(28)13-27-14-25-23-21(24(27)30)15(2)22(31-23)17-7-5-4-6-8-17/h4-12,14H,3,13H2,1-2H3,(H,26,29). The highest BCUT2D eigenvalue weighted by atomic mass is 32.1. The molecule has 2 heterocycles. The molecule has 156 valence electrons. The fourth-order valence-corrected chi connectivity index (χ4v) is 4.52. The van der Waals surface area contributed by atoms with Gasteiger partial charge in [-0.2, -0.15) is 0 Å². The largest absolute Gasteiger partial charge is 0.326 e. The number of hydrogen-bond acceptors (Lipinski definition) is 5. The molecule has 31 heavy (non-hydrogen) atoms. The number of hydrogen-bond donors (Lipinski definition) is 1. The van der Waals surface area contributed by atoms with Crippen LogP contribution in [0.15, 0.2) is 65.7 Å². The fraction of sp³-hybridized carbons (Fsp3) is 0.167. The molecule has 0 spiro atoms. The van der Waals surface area contributed by atoms with Gasteiger partial charge in [-0.15, -0.1) is 11.3 Å². The van der Waals surface area contributed by atoms with E-state index in [4.69, 9.17) is 0 Å². The number of aryl methyl sites for hydroxylation is 1. The Hall–Kier alpha value is -3.58. The molecule has 1 amide bonds. The fourth-order valence-electron chi connectivity index (χ4n) is 3.37. The summed E-state index contributed by atoms with van der Waals surface area (Å²) in [6.07, 6.45) is 1.82. The molecule has 4 aromatic rings. The summed E-state index contributed by atoms with van der Waals surface area (Å²) in [6.45, 7) is 3.59. The Morgan fingerprint density at radius 3 is 2.45 bits per heavy atom. The van der Waals surface area contributed by atoms with E-state index in [1.807, 2.05) is 37.3 Å². The lowest BCUT2D eigenvalue weighted by atomic mass is 10.1. The molecular weight excluding hydrogens is 410 g/mol. The van der Waals surface area contributed by atoms with Crippen LogP contribution >= 0.6 is 11.3 Å². The van der Waals surface area contributed by atoms with Crippen LogP contribution < -0.4 is 10.9 Å². The summed E-state index contributed by atoms with van der Waals surface area (Å²) in [7, 11) is 0. The highest BCUT2D eigenvalue weighted by Gasteiger charge is 2.17. The zero-order chi connectivity index (χ0) is 22.0. The van der Waals surface area contributed by atoms with E-state index in [1.54, 1.807) is 31.2 Å². The monoisotopic (exact) mass is 431 g/mol. The number of thiophene rings is 1. The van der Waals surface area contributed by atoms with Crippen molar-refractivity contribution in [2.45, 2.75) is 26.8 Å². The number of rotatable bonds is 6. The molecule has 4 rings (SSSR count). The van der Waals surface area contributed by atoms with Crippen LogP contribution in [0.3, 0.4) is 0 Å². The second kappa shape index (κ2) is 8.65. The Labute approximate surface area is 183 Å². The molecule has 0 atom stereocenters. The van der Waals surface area contributed by atoms with Gasteiger partial charge in [0.15, 0.2) is 5.78 Å². The number of nitrogens with zero attached hydrogens (tertiary/aromatic N) is 2. The predicted octanol–water partition coefficient (Wildman–Crippen LogP) is 4.66. The molecule has 0 bridgehead atoms. The van der Waals surface area contributed by atoms with Crippen LogP contribution in [-0.4, -0.2) is 21.2 Å². The van der Waals surface area contributed by atoms with Gasteiger partial charge in [-0.05, 0) is 42.3 Å². The van der Waals surface area contributed by atoms with E-state index in [2.05, 4.69) is 10.3 Å². The molecule has 0 saturated heterocycles. The first kappa shape index (κ1) is 20.7. The molecule has 1 N–H and O–H groups in total. The summed E-state index contributed by atoms with van der Waals surface area (Å²) in [6, 6.07) is 16.5. The Kier molecular flexibility index (Phi) is 5.77. The average molecular weight is 432 g/mol. The lowest BCUT2D eigenvalue weighted by Gasteiger charge is -2.07. The molecule has 0 aliphatic heterocycles. The van der Waals surface area contributed by atoms with Crippen molar-refractivity contribution in [3.05, 3.63) is 82.4 Å². The van der Waals surface area contributed by atoms with Crippen LogP contribution in [0.2, 0.25) is 0 Å². The van der Waals surface area contributed by atoms with Gasteiger partial charge >= 0.3 is 0 Å². The molecule has 0 saturated carbocycles. The Balaban J connectivity index is 1.61. The first-order valence-electron chi connectivity index (χ1n) is 9.95. The van der Waals surface area contributed by atoms with Crippen molar-refractivity contribution >= 4 is 38.9 Å². The van der Waals surface area contributed by atoms with Crippen LogP contribution in [0.5, 0.6) is 0 Å². The summed E-state index contributed by atoms with van der Waals surface area (Å²) in [5, 5.41) is 3.30. The van der Waals surface area contributed by atoms with E-state index < -0.39 is 0 Å². The van der Waals surface area contributed by atoms with Crippen LogP contribution in [0.4, 0.5) is 5.69 Å². The van der Waals surface area contributed by atoms with E-state index in [0.29, 0.717) is 27.9 Å². The van der Waals surface area contributed by atoms with Crippen molar-refractivity contribution in [2.75, 3.05) is 5.32 Å². The van der Waals surface area contributed by atoms with E-state index in [9.17, 15) is 14.4 Å². The molecule has 0 radical (unpaired) electrons. The van der Waals surface area contributed by atoms with Gasteiger partial charge in [0.1, 0.15) is 4.83 Å². The topological polar surface area (TPSA) is 81.1 Å². The third kappa shape index (κ3) is 4.18. The summed E-state index contributed by atoms with van der Waals surface area (Å²) in [5.74, 6) is -0.293. The van der Waals surface area contributed by atoms with Crippen molar-refractivity contribution in [3.63, 3.8) is 0 Å². The summed E-state index contributed by atoms with van der Waals surface area (Å²) < 4.78 is 1.35. The third-order valence-electron chi connectivity index (χ3n) is 5.08. The highest BCUT2D eigenvalue weighted by molar-refractivity contribution is 7.22. The van der Waals surface area contributed by atoms with Crippen LogP contribution in [0.25, 0.3) is 20.7 Å². The van der Waals surface area contributed by atoms with Gasteiger partial charge in [0.05, 0.1) is 18.3 Å². The van der Waals surface area contributed by atoms with Crippen molar-refractivity contribution in [1.82, 2.24) is 9.55 Å². The number of Topliss-reactive ketones (excluding diaryl/α,β-unsaturated/α-hetero) is 1. The van der Waals surface area contributed by atoms with Gasteiger partial charge in [0, 0.05) is 22.5 Å². The van der Waals surface area contributed by atoms with E-state index in [-0.39, 0.29) is 23.8 Å². The average Bonchev–Trinajstić information content (AvgIpc) is 3.13. The number of anilines is 1. The lowest BCUT2D eigenvalue weighted by Crippen LogP contribution is -2.24. The molecule has 0 aliphatic rings. The number of carbonyl (C=O) groups excluding carboxylic acids is 2. The van der Waals surface area contributed by atoms with Crippen molar-refractivity contribution in [3.8, 4) is 10.4 Å². The van der Waals surface area contributed by atoms with E-state index in [1.165, 1.54) is 22.2 Å². The molecule has 0 aliphatic carbocycles. The molecule has 2 aromatic carbocycles. The predicted molar refractivity (Wildman–Crippen MR) is 124 cm³/mol. The minimum atomic E-state index is -0.221. The minimum Gasteiger partial charge on any atom is -0.326 e. The quantitative estimate of drug-likeness (QED) is 0.450. The van der Waals surface area contributed by atoms with Crippen molar-refractivity contribution in [2.24, 2.45) is 0 Å². The maximum atomic E-state index is 13.1. The number of nitrogens with one attached hydrogen (secondary N) is 1. The molecule has 0 unspecified atom stereocenters. The smallest absolute Gasteiger partial charge is 0.262 e. The maximum Gasteiger partial charge on any atom is 0.262 e. The van der Waals surface area contributed by atoms with Gasteiger partial charge in [-0.25, -0.2) is 4.98 Å². The lowest BCUT2D eigenvalue weighted by molar-refractivity contribution is -0.115. The van der Waals surface area contributed by atoms with E-state index in [0.717, 1.165) is 16.0 Å². The number of carbonyl (C=O) groups is 2. The van der Waals surface area contributed by atoms with Gasteiger partial charge in [-0.3, -0.25) is 19.0 Å². The van der Waals surface area contributed by atoms with Crippen LogP contribution in [0, 0.1) is 6.92 Å². The van der Waals surface area contributed by atoms with Crippen molar-refractivity contribution in [1.29, 1.82) is 0 Å². The number of fused-ring (bicyclic) bond motifs is 1. The SMILES string of the molecule is CCC(=O)Nc1ccc(C(=O)Cn2cnc3sc(-c4ccccc4)c(C)c3c2=O)cc1. The summed E-state index contributed by atoms with van der Waals surface area (Å²) in [4.78, 5) is 43.4. The van der Waals surface area contributed by atoms with Crippen LogP contribution in [0.1, 0.15) is 29.3 Å². The van der Waals surface area contributed by atoms with Crippen molar-refractivity contribution < 1.29 is 9.59 Å². The molecule has 7 heteroatoms. The normalized spacial score (nSPS) is 10.9. The van der Waals surface area contributed by atoms with Gasteiger partial charge in [-0.1, -0.05) is 37.3 Å². The molecule has 0 fully saturated rings. The van der Waals surface area contributed by atoms with Gasteiger partial charge in [0.25, 0.3) is 5.56 Å². The zero-order valence-electron chi connectivity index (χ0n) is 17.2. The molecule has 6 nitrogen and oxygen atoms in total.